The van der Waals surface area contributed by atoms with Crippen LogP contribution in [0.2, 0.25) is 5.02 Å². The molecule has 0 saturated carbocycles. The summed E-state index contributed by atoms with van der Waals surface area (Å²) in [7, 11) is 3.09. The number of methoxy groups -OCH3 is 2. The lowest BCUT2D eigenvalue weighted by Crippen LogP contribution is -2.19. The number of carbonyl (C=O) groups excluding carboxylic acids is 1. The van der Waals surface area contributed by atoms with Crippen molar-refractivity contribution >= 4 is 23.2 Å². The van der Waals surface area contributed by atoms with Crippen molar-refractivity contribution in [1.29, 1.82) is 0 Å². The molecule has 2 rings (SSSR count). The largest absolute Gasteiger partial charge is 0.507 e. The Morgan fingerprint density at radius 2 is 1.83 bits per heavy atom. The number of hydrazone groups is 1. The maximum Gasteiger partial charge on any atom is 0.275 e. The van der Waals surface area contributed by atoms with Crippen molar-refractivity contribution in [3.8, 4) is 17.2 Å². The number of hydrogen-bond donors (Lipinski definition) is 2. The second-order valence-corrected chi connectivity index (χ2v) is 5.31. The average molecular weight is 349 g/mol. The second-order valence-electron chi connectivity index (χ2n) is 4.87. The third-order valence-corrected chi connectivity index (χ3v) is 3.56. The van der Waals surface area contributed by atoms with E-state index >= 15 is 0 Å². The lowest BCUT2D eigenvalue weighted by Gasteiger charge is -2.09. The molecule has 2 aromatic carbocycles. The van der Waals surface area contributed by atoms with Crippen LogP contribution in [-0.4, -0.2) is 30.9 Å². The van der Waals surface area contributed by atoms with Gasteiger partial charge in [-0.2, -0.15) is 5.10 Å². The quantitative estimate of drug-likeness (QED) is 0.642. The molecule has 0 atom stereocenters. The van der Waals surface area contributed by atoms with Crippen LogP contribution in [0.3, 0.4) is 0 Å². The fourth-order valence-electron chi connectivity index (χ4n) is 2.01. The van der Waals surface area contributed by atoms with Gasteiger partial charge in [0.2, 0.25) is 0 Å². The number of halogens is 1. The Labute approximate surface area is 144 Å². The van der Waals surface area contributed by atoms with Gasteiger partial charge in [-0.05, 0) is 43.3 Å². The highest BCUT2D eigenvalue weighted by Gasteiger charge is 2.12. The lowest BCUT2D eigenvalue weighted by atomic mass is 10.1. The fourth-order valence-corrected chi connectivity index (χ4v) is 2.18. The van der Waals surface area contributed by atoms with Gasteiger partial charge < -0.3 is 14.6 Å². The van der Waals surface area contributed by atoms with Gasteiger partial charge in [0.1, 0.15) is 5.75 Å². The molecule has 0 heterocycles. The number of amides is 1. The number of nitrogens with zero attached hydrogens (tertiary/aromatic N) is 1. The standard InChI is InChI=1S/C17H17ClN2O4/c1-10(11-4-7-15(23-2)16(8-11)24-3)19-20-17(22)13-9-12(18)5-6-14(13)21/h4-9,21H,1-3H3,(H,20,22)/b19-10+. The molecule has 0 saturated heterocycles. The normalized spacial score (nSPS) is 11.1. The summed E-state index contributed by atoms with van der Waals surface area (Å²) in [4.78, 5) is 12.1. The summed E-state index contributed by atoms with van der Waals surface area (Å²) in [5, 5.41) is 14.1. The van der Waals surface area contributed by atoms with E-state index < -0.39 is 5.91 Å². The lowest BCUT2D eigenvalue weighted by molar-refractivity contribution is 0.0952. The van der Waals surface area contributed by atoms with Crippen molar-refractivity contribution in [3.63, 3.8) is 0 Å². The highest BCUT2D eigenvalue weighted by Crippen LogP contribution is 2.27. The molecule has 0 fully saturated rings. The van der Waals surface area contributed by atoms with E-state index in [2.05, 4.69) is 10.5 Å². The summed E-state index contributed by atoms with van der Waals surface area (Å²) < 4.78 is 10.4. The van der Waals surface area contributed by atoms with Gasteiger partial charge in [0, 0.05) is 10.6 Å². The second kappa shape index (κ2) is 7.70. The van der Waals surface area contributed by atoms with Gasteiger partial charge in [0.25, 0.3) is 5.91 Å². The summed E-state index contributed by atoms with van der Waals surface area (Å²) in [5.41, 5.74) is 3.75. The van der Waals surface area contributed by atoms with E-state index in [0.29, 0.717) is 22.2 Å². The Hall–Kier alpha value is -2.73. The molecule has 0 aliphatic carbocycles. The minimum absolute atomic E-state index is 0.0476. The smallest absolute Gasteiger partial charge is 0.275 e. The van der Waals surface area contributed by atoms with E-state index in [1.807, 2.05) is 0 Å². The molecule has 0 spiro atoms. The first kappa shape index (κ1) is 17.6. The van der Waals surface area contributed by atoms with Crippen molar-refractivity contribution < 1.29 is 19.4 Å². The Morgan fingerprint density at radius 1 is 1.12 bits per heavy atom. The highest BCUT2D eigenvalue weighted by molar-refractivity contribution is 6.31. The SMILES string of the molecule is COc1ccc(/C(C)=N/NC(=O)c2cc(Cl)ccc2O)cc1OC. The van der Waals surface area contributed by atoms with Crippen LogP contribution in [0.15, 0.2) is 41.5 Å². The minimum Gasteiger partial charge on any atom is -0.507 e. The number of aromatic hydroxyl groups is 1. The molecule has 0 aliphatic rings. The molecule has 24 heavy (non-hydrogen) atoms. The number of ether oxygens (including phenoxy) is 2. The Balaban J connectivity index is 2.19. The monoisotopic (exact) mass is 348 g/mol. The van der Waals surface area contributed by atoms with E-state index in [-0.39, 0.29) is 11.3 Å². The minimum atomic E-state index is -0.560. The molecule has 1 amide bonds. The molecule has 0 unspecified atom stereocenters. The van der Waals surface area contributed by atoms with Crippen LogP contribution < -0.4 is 14.9 Å². The number of hydrogen-bond acceptors (Lipinski definition) is 5. The van der Waals surface area contributed by atoms with Gasteiger partial charge in [0.15, 0.2) is 11.5 Å². The Kier molecular flexibility index (Phi) is 5.65. The van der Waals surface area contributed by atoms with Gasteiger partial charge in [0.05, 0.1) is 25.5 Å². The molecule has 6 nitrogen and oxygen atoms in total. The number of benzene rings is 2. The summed E-state index contributed by atoms with van der Waals surface area (Å²) in [6.07, 6.45) is 0. The first-order valence-electron chi connectivity index (χ1n) is 7.01. The zero-order chi connectivity index (χ0) is 17.7. The number of rotatable bonds is 5. The summed E-state index contributed by atoms with van der Waals surface area (Å²) in [6.45, 7) is 1.74. The Morgan fingerprint density at radius 3 is 2.50 bits per heavy atom. The molecule has 2 N–H and O–H groups in total. The highest BCUT2D eigenvalue weighted by atomic mass is 35.5. The summed E-state index contributed by atoms with van der Waals surface area (Å²) in [6, 6.07) is 9.50. The molecule has 7 heteroatoms. The van der Waals surface area contributed by atoms with Crippen LogP contribution in [0, 0.1) is 0 Å². The van der Waals surface area contributed by atoms with Gasteiger partial charge in [-0.25, -0.2) is 5.43 Å². The van der Waals surface area contributed by atoms with E-state index in [1.165, 1.54) is 25.3 Å². The molecule has 0 aliphatic heterocycles. The van der Waals surface area contributed by atoms with Crippen molar-refractivity contribution in [2.24, 2.45) is 5.10 Å². The van der Waals surface area contributed by atoms with Gasteiger partial charge in [-0.1, -0.05) is 11.6 Å². The maximum atomic E-state index is 12.1. The molecule has 2 aromatic rings. The van der Waals surface area contributed by atoms with E-state index in [0.717, 1.165) is 5.56 Å². The Bertz CT molecular complexity index is 790. The summed E-state index contributed by atoms with van der Waals surface area (Å²) in [5.74, 6) is 0.427. The van der Waals surface area contributed by atoms with Crippen LogP contribution in [0.5, 0.6) is 17.2 Å². The van der Waals surface area contributed by atoms with E-state index in [9.17, 15) is 9.90 Å². The molecule has 0 bridgehead atoms. The van der Waals surface area contributed by atoms with Crippen LogP contribution >= 0.6 is 11.6 Å². The molecule has 0 aromatic heterocycles. The molecule has 0 radical (unpaired) electrons. The van der Waals surface area contributed by atoms with Crippen LogP contribution in [0.25, 0.3) is 0 Å². The first-order valence-corrected chi connectivity index (χ1v) is 7.39. The third-order valence-electron chi connectivity index (χ3n) is 3.33. The molecular weight excluding hydrogens is 332 g/mol. The van der Waals surface area contributed by atoms with E-state index in [4.69, 9.17) is 21.1 Å². The predicted octanol–water partition coefficient (Wildman–Crippen LogP) is 3.22. The maximum absolute atomic E-state index is 12.1. The van der Waals surface area contributed by atoms with Crippen molar-refractivity contribution in [2.75, 3.05) is 14.2 Å². The number of phenolic OH excluding ortho intramolecular Hbond substituents is 1. The molecule has 126 valence electrons. The van der Waals surface area contributed by atoms with Crippen LogP contribution in [-0.2, 0) is 0 Å². The van der Waals surface area contributed by atoms with E-state index in [1.54, 1.807) is 32.2 Å². The summed E-state index contributed by atoms with van der Waals surface area (Å²) >= 11 is 5.83. The van der Waals surface area contributed by atoms with Gasteiger partial charge in [-0.15, -0.1) is 0 Å². The third kappa shape index (κ3) is 3.97. The fraction of sp³-hybridized carbons (Fsp3) is 0.176. The first-order chi connectivity index (χ1) is 11.5. The zero-order valence-corrected chi connectivity index (χ0v) is 14.2. The number of phenols is 1. The molecular formula is C17H17ClN2O4. The van der Waals surface area contributed by atoms with Gasteiger partial charge >= 0.3 is 0 Å². The van der Waals surface area contributed by atoms with Crippen molar-refractivity contribution in [1.82, 2.24) is 5.43 Å². The van der Waals surface area contributed by atoms with Crippen molar-refractivity contribution in [2.45, 2.75) is 6.92 Å². The van der Waals surface area contributed by atoms with Crippen LogP contribution in [0.1, 0.15) is 22.8 Å². The predicted molar refractivity (Wildman–Crippen MR) is 92.3 cm³/mol. The zero-order valence-electron chi connectivity index (χ0n) is 13.5. The van der Waals surface area contributed by atoms with Crippen LogP contribution in [0.4, 0.5) is 0 Å². The van der Waals surface area contributed by atoms with Gasteiger partial charge in [-0.3, -0.25) is 4.79 Å². The topological polar surface area (TPSA) is 80.2 Å². The number of nitrogens with one attached hydrogen (secondary N) is 1. The average Bonchev–Trinajstić information content (AvgIpc) is 2.60. The number of carbonyl (C=O) groups is 1. The van der Waals surface area contributed by atoms with Crippen molar-refractivity contribution in [3.05, 3.63) is 52.5 Å².